The van der Waals surface area contributed by atoms with Crippen LogP contribution >= 0.6 is 11.6 Å². The zero-order valence-corrected chi connectivity index (χ0v) is 8.63. The second-order valence-corrected chi connectivity index (χ2v) is 3.49. The molecule has 0 bridgehead atoms. The van der Waals surface area contributed by atoms with Crippen molar-refractivity contribution in [2.24, 2.45) is 0 Å². The molecule has 0 amide bonds. The normalized spacial score (nSPS) is 10.0. The van der Waals surface area contributed by atoms with E-state index in [9.17, 15) is 4.39 Å². The third-order valence-corrected chi connectivity index (χ3v) is 2.32. The van der Waals surface area contributed by atoms with Crippen molar-refractivity contribution in [1.29, 1.82) is 0 Å². The maximum atomic E-state index is 13.4. The molecule has 2 aromatic carbocycles. The quantitative estimate of drug-likeness (QED) is 0.801. The lowest BCUT2D eigenvalue weighted by Crippen LogP contribution is -1.94. The highest BCUT2D eigenvalue weighted by atomic mass is 35.5. The number of hydrogen-bond acceptors (Lipinski definition) is 1. The molecule has 0 radical (unpaired) electrons. The molecule has 1 N–H and O–H groups in total. The maximum absolute atomic E-state index is 13.4. The Labute approximate surface area is 92.5 Å². The highest BCUT2D eigenvalue weighted by Crippen LogP contribution is 2.27. The topological polar surface area (TPSA) is 12.0 Å². The van der Waals surface area contributed by atoms with Crippen molar-refractivity contribution in [3.63, 3.8) is 0 Å². The summed E-state index contributed by atoms with van der Waals surface area (Å²) in [5, 5.41) is 3.31. The van der Waals surface area contributed by atoms with Crippen LogP contribution in [0.25, 0.3) is 0 Å². The van der Waals surface area contributed by atoms with Gasteiger partial charge in [0.05, 0.1) is 10.7 Å². The van der Waals surface area contributed by atoms with Crippen LogP contribution in [0.1, 0.15) is 0 Å². The first-order valence-corrected chi connectivity index (χ1v) is 4.91. The van der Waals surface area contributed by atoms with Crippen LogP contribution in [0.2, 0.25) is 5.02 Å². The molecule has 0 saturated heterocycles. The molecule has 0 aliphatic heterocycles. The lowest BCUT2D eigenvalue weighted by molar-refractivity contribution is 0.632. The highest BCUT2D eigenvalue weighted by Gasteiger charge is 2.05. The van der Waals surface area contributed by atoms with Crippen LogP contribution in [-0.2, 0) is 0 Å². The van der Waals surface area contributed by atoms with Gasteiger partial charge in [0.1, 0.15) is 5.82 Å². The molecule has 0 aliphatic rings. The van der Waals surface area contributed by atoms with Gasteiger partial charge in [-0.1, -0.05) is 35.9 Å². The third kappa shape index (κ3) is 2.28. The van der Waals surface area contributed by atoms with Crippen molar-refractivity contribution in [1.82, 2.24) is 0 Å². The van der Waals surface area contributed by atoms with E-state index in [4.69, 9.17) is 11.6 Å². The van der Waals surface area contributed by atoms with E-state index in [-0.39, 0.29) is 5.82 Å². The molecule has 76 valence electrons. The van der Waals surface area contributed by atoms with Crippen LogP contribution in [0.3, 0.4) is 0 Å². The van der Waals surface area contributed by atoms with Crippen LogP contribution in [0.5, 0.6) is 0 Å². The predicted molar refractivity (Wildman–Crippen MR) is 61.1 cm³/mol. The molecule has 0 unspecified atom stereocenters. The lowest BCUT2D eigenvalue weighted by atomic mass is 10.2. The molecule has 0 fully saturated rings. The minimum atomic E-state index is -0.355. The van der Waals surface area contributed by atoms with Gasteiger partial charge in [-0.25, -0.2) is 4.39 Å². The largest absolute Gasteiger partial charge is 0.352 e. The summed E-state index contributed by atoms with van der Waals surface area (Å²) in [6.07, 6.45) is 0. The van der Waals surface area contributed by atoms with Crippen molar-refractivity contribution in [3.8, 4) is 0 Å². The fourth-order valence-corrected chi connectivity index (χ4v) is 1.49. The molecule has 2 rings (SSSR count). The molecule has 0 heterocycles. The maximum Gasteiger partial charge on any atom is 0.148 e. The molecule has 0 saturated carbocycles. The number of hydrogen-bond donors (Lipinski definition) is 1. The zero-order valence-electron chi connectivity index (χ0n) is 7.87. The van der Waals surface area contributed by atoms with Gasteiger partial charge in [-0.3, -0.25) is 0 Å². The molecular weight excluding hydrogens is 213 g/mol. The van der Waals surface area contributed by atoms with E-state index in [1.165, 1.54) is 6.07 Å². The Kier molecular flexibility index (Phi) is 2.88. The van der Waals surface area contributed by atoms with E-state index in [2.05, 4.69) is 5.32 Å². The van der Waals surface area contributed by atoms with Gasteiger partial charge in [-0.05, 0) is 24.3 Å². The number of anilines is 2. The van der Waals surface area contributed by atoms with E-state index >= 15 is 0 Å². The van der Waals surface area contributed by atoms with E-state index in [1.54, 1.807) is 12.1 Å². The highest BCUT2D eigenvalue weighted by molar-refractivity contribution is 6.33. The number of benzene rings is 2. The van der Waals surface area contributed by atoms with E-state index in [0.717, 1.165) is 5.69 Å². The van der Waals surface area contributed by atoms with Crippen molar-refractivity contribution in [2.75, 3.05) is 5.32 Å². The third-order valence-electron chi connectivity index (χ3n) is 2.01. The van der Waals surface area contributed by atoms with Gasteiger partial charge < -0.3 is 5.32 Å². The fourth-order valence-electron chi connectivity index (χ4n) is 1.28. The van der Waals surface area contributed by atoms with E-state index < -0.39 is 0 Å². The van der Waals surface area contributed by atoms with Gasteiger partial charge in [0.2, 0.25) is 0 Å². The fraction of sp³-hybridized carbons (Fsp3) is 0. The molecule has 2 aromatic rings. The first-order chi connectivity index (χ1) is 7.27. The molecule has 1 nitrogen and oxygen atoms in total. The summed E-state index contributed by atoms with van der Waals surface area (Å²) in [5.74, 6) is -0.355. The standard InChI is InChI=1S/C12H9ClFN/c13-10-7-4-8-11(14)12(10)15-9-5-2-1-3-6-9/h1-8,15H. The van der Waals surface area contributed by atoms with Crippen LogP contribution < -0.4 is 5.32 Å². The molecule has 0 aromatic heterocycles. The second kappa shape index (κ2) is 4.32. The van der Waals surface area contributed by atoms with Crippen molar-refractivity contribution >= 4 is 23.0 Å². The summed E-state index contributed by atoms with van der Waals surface area (Å²) in [7, 11) is 0. The van der Waals surface area contributed by atoms with Crippen LogP contribution in [-0.4, -0.2) is 0 Å². The Morgan fingerprint density at radius 3 is 2.33 bits per heavy atom. The first kappa shape index (κ1) is 9.99. The second-order valence-electron chi connectivity index (χ2n) is 3.09. The summed E-state index contributed by atoms with van der Waals surface area (Å²) in [4.78, 5) is 0. The van der Waals surface area contributed by atoms with Crippen LogP contribution in [0.4, 0.5) is 15.8 Å². The minimum absolute atomic E-state index is 0.311. The van der Waals surface area contributed by atoms with Crippen LogP contribution in [0.15, 0.2) is 48.5 Å². The Morgan fingerprint density at radius 1 is 0.933 bits per heavy atom. The summed E-state index contributed by atoms with van der Waals surface area (Å²) in [5.41, 5.74) is 1.12. The molecule has 3 heteroatoms. The smallest absolute Gasteiger partial charge is 0.148 e. The SMILES string of the molecule is Fc1cccc(Cl)c1Nc1ccccc1. The predicted octanol–water partition coefficient (Wildman–Crippen LogP) is 4.22. The first-order valence-electron chi connectivity index (χ1n) is 4.53. The Bertz CT molecular complexity index is 436. The van der Waals surface area contributed by atoms with Gasteiger partial charge in [0, 0.05) is 5.69 Å². The zero-order chi connectivity index (χ0) is 10.7. The van der Waals surface area contributed by atoms with Gasteiger partial charge in [-0.15, -0.1) is 0 Å². The molecule has 0 atom stereocenters. The Morgan fingerprint density at radius 2 is 1.67 bits per heavy atom. The van der Waals surface area contributed by atoms with Crippen molar-refractivity contribution < 1.29 is 4.39 Å². The van der Waals surface area contributed by atoms with Gasteiger partial charge >= 0.3 is 0 Å². The summed E-state index contributed by atoms with van der Waals surface area (Å²) < 4.78 is 13.4. The molecule has 0 aliphatic carbocycles. The minimum Gasteiger partial charge on any atom is -0.352 e. The lowest BCUT2D eigenvalue weighted by Gasteiger charge is -2.08. The van der Waals surface area contributed by atoms with Crippen LogP contribution in [0, 0.1) is 5.82 Å². The number of rotatable bonds is 2. The molecule has 15 heavy (non-hydrogen) atoms. The number of para-hydroxylation sites is 2. The molecular formula is C12H9ClFN. The average Bonchev–Trinajstić information content (AvgIpc) is 2.25. The summed E-state index contributed by atoms with van der Waals surface area (Å²) >= 11 is 5.88. The Balaban J connectivity index is 2.32. The van der Waals surface area contributed by atoms with Gasteiger partial charge in [0.25, 0.3) is 0 Å². The summed E-state index contributed by atoms with van der Waals surface area (Å²) in [6, 6.07) is 13.9. The van der Waals surface area contributed by atoms with E-state index in [1.807, 2.05) is 30.3 Å². The summed E-state index contributed by atoms with van der Waals surface area (Å²) in [6.45, 7) is 0. The monoisotopic (exact) mass is 221 g/mol. The molecule has 0 spiro atoms. The van der Waals surface area contributed by atoms with Gasteiger partial charge in [-0.2, -0.15) is 0 Å². The average molecular weight is 222 g/mol. The van der Waals surface area contributed by atoms with Crippen molar-refractivity contribution in [2.45, 2.75) is 0 Å². The van der Waals surface area contributed by atoms with Crippen molar-refractivity contribution in [3.05, 3.63) is 59.4 Å². The van der Waals surface area contributed by atoms with Gasteiger partial charge in [0.15, 0.2) is 0 Å². The number of nitrogens with one attached hydrogen (secondary N) is 1. The number of halogens is 2. The Hall–Kier alpha value is -1.54. The van der Waals surface area contributed by atoms with E-state index in [0.29, 0.717) is 10.7 Å².